The average molecular weight is 326 g/mol. The molecule has 0 saturated carbocycles. The fourth-order valence-corrected chi connectivity index (χ4v) is 2.20. The standard InChI is InChI=1S/C12H7F5O3S/c1-6-4-7-2-3-8(13)11(14)10(7)9(5-6)20-21(18,19)12(15,16)17/h2-5H,1H3. The number of fused-ring (bicyclic) bond motifs is 1. The van der Waals surface area contributed by atoms with Crippen molar-refractivity contribution in [1.82, 2.24) is 0 Å². The molecule has 0 bridgehead atoms. The largest absolute Gasteiger partial charge is 0.534 e. The van der Waals surface area contributed by atoms with Crippen LogP contribution >= 0.6 is 0 Å². The summed E-state index contributed by atoms with van der Waals surface area (Å²) in [7, 11) is -5.98. The number of halogens is 5. The van der Waals surface area contributed by atoms with Gasteiger partial charge in [0.25, 0.3) is 0 Å². The molecule has 2 aromatic rings. The molecular weight excluding hydrogens is 319 g/mol. The lowest BCUT2D eigenvalue weighted by Crippen LogP contribution is -2.28. The number of rotatable bonds is 2. The van der Waals surface area contributed by atoms with E-state index in [0.717, 1.165) is 18.2 Å². The van der Waals surface area contributed by atoms with Crippen LogP contribution in [0.5, 0.6) is 5.75 Å². The molecule has 2 rings (SSSR count). The van der Waals surface area contributed by atoms with Crippen molar-refractivity contribution >= 4 is 20.9 Å². The van der Waals surface area contributed by atoms with Gasteiger partial charge in [-0.05, 0) is 30.0 Å². The lowest BCUT2D eigenvalue weighted by Gasteiger charge is -2.13. The fraction of sp³-hybridized carbons (Fsp3) is 0.167. The van der Waals surface area contributed by atoms with Gasteiger partial charge in [-0.25, -0.2) is 8.78 Å². The highest BCUT2D eigenvalue weighted by molar-refractivity contribution is 7.88. The van der Waals surface area contributed by atoms with Gasteiger partial charge >= 0.3 is 15.6 Å². The van der Waals surface area contributed by atoms with Gasteiger partial charge in [0.2, 0.25) is 0 Å². The monoisotopic (exact) mass is 326 g/mol. The second-order valence-corrected chi connectivity index (χ2v) is 5.74. The van der Waals surface area contributed by atoms with Crippen molar-refractivity contribution in [2.75, 3.05) is 0 Å². The lowest BCUT2D eigenvalue weighted by atomic mass is 10.1. The molecule has 0 aliphatic carbocycles. The summed E-state index contributed by atoms with van der Waals surface area (Å²) < 4.78 is 89.8. The molecule has 114 valence electrons. The van der Waals surface area contributed by atoms with Crippen LogP contribution in [0.2, 0.25) is 0 Å². The van der Waals surface area contributed by atoms with Gasteiger partial charge in [0.15, 0.2) is 17.4 Å². The van der Waals surface area contributed by atoms with E-state index >= 15 is 0 Å². The summed E-state index contributed by atoms with van der Waals surface area (Å²) in [6.07, 6.45) is 0. The summed E-state index contributed by atoms with van der Waals surface area (Å²) in [6.45, 7) is 1.44. The minimum absolute atomic E-state index is 0.0151. The fourth-order valence-electron chi connectivity index (χ4n) is 1.73. The van der Waals surface area contributed by atoms with Crippen LogP contribution in [0, 0.1) is 18.6 Å². The third kappa shape index (κ3) is 2.78. The Kier molecular flexibility index (Phi) is 3.56. The molecule has 0 atom stereocenters. The van der Waals surface area contributed by atoms with Crippen molar-refractivity contribution in [3.63, 3.8) is 0 Å². The summed E-state index contributed by atoms with van der Waals surface area (Å²) in [5, 5.41) is -0.658. The highest BCUT2D eigenvalue weighted by Gasteiger charge is 2.48. The van der Waals surface area contributed by atoms with Crippen LogP contribution < -0.4 is 4.18 Å². The third-order valence-corrected chi connectivity index (χ3v) is 3.56. The molecule has 0 fully saturated rings. The Morgan fingerprint density at radius 1 is 1.10 bits per heavy atom. The van der Waals surface area contributed by atoms with Gasteiger partial charge in [0.05, 0.1) is 5.39 Å². The predicted octanol–water partition coefficient (Wildman–Crippen LogP) is 3.65. The molecule has 0 unspecified atom stereocenters. The average Bonchev–Trinajstić information content (AvgIpc) is 2.31. The molecular formula is C12H7F5O3S. The van der Waals surface area contributed by atoms with E-state index in [9.17, 15) is 30.4 Å². The lowest BCUT2D eigenvalue weighted by molar-refractivity contribution is -0.0499. The molecule has 9 heteroatoms. The van der Waals surface area contributed by atoms with Crippen molar-refractivity contribution in [1.29, 1.82) is 0 Å². The first-order valence-electron chi connectivity index (χ1n) is 5.42. The van der Waals surface area contributed by atoms with Gasteiger partial charge in [-0.3, -0.25) is 0 Å². The smallest absolute Gasteiger partial charge is 0.375 e. The highest BCUT2D eigenvalue weighted by atomic mass is 32.2. The Morgan fingerprint density at radius 3 is 2.29 bits per heavy atom. The van der Waals surface area contributed by atoms with Crippen LogP contribution in [0.4, 0.5) is 22.0 Å². The van der Waals surface area contributed by atoms with Crippen LogP contribution in [-0.4, -0.2) is 13.9 Å². The van der Waals surface area contributed by atoms with Crippen LogP contribution in [0.25, 0.3) is 10.8 Å². The first-order valence-corrected chi connectivity index (χ1v) is 6.83. The quantitative estimate of drug-likeness (QED) is 0.481. The highest BCUT2D eigenvalue weighted by Crippen LogP contribution is 2.35. The molecule has 0 N–H and O–H groups in total. The van der Waals surface area contributed by atoms with Gasteiger partial charge in [-0.1, -0.05) is 12.1 Å². The first kappa shape index (κ1) is 15.5. The maximum atomic E-state index is 13.7. The predicted molar refractivity (Wildman–Crippen MR) is 64.2 cm³/mol. The zero-order valence-electron chi connectivity index (χ0n) is 10.3. The number of aryl methyl sites for hydroxylation is 1. The topological polar surface area (TPSA) is 43.4 Å². The van der Waals surface area contributed by atoms with Gasteiger partial charge in [-0.15, -0.1) is 0 Å². The number of benzene rings is 2. The van der Waals surface area contributed by atoms with E-state index < -0.39 is 38.4 Å². The van der Waals surface area contributed by atoms with Crippen molar-refractivity contribution < 1.29 is 34.6 Å². The summed E-state index contributed by atoms with van der Waals surface area (Å²) in [6, 6.07) is 4.12. The van der Waals surface area contributed by atoms with Crippen LogP contribution in [-0.2, 0) is 10.1 Å². The van der Waals surface area contributed by atoms with E-state index in [-0.39, 0.29) is 5.39 Å². The Morgan fingerprint density at radius 2 is 1.71 bits per heavy atom. The second kappa shape index (κ2) is 4.83. The van der Waals surface area contributed by atoms with Gasteiger partial charge in [-0.2, -0.15) is 21.6 Å². The molecule has 0 aliphatic rings. The third-order valence-electron chi connectivity index (χ3n) is 2.60. The summed E-state index contributed by atoms with van der Waals surface area (Å²) in [5.74, 6) is -3.74. The Balaban J connectivity index is 2.72. The normalized spacial score (nSPS) is 12.7. The molecule has 0 radical (unpaired) electrons. The van der Waals surface area contributed by atoms with E-state index in [4.69, 9.17) is 0 Å². The van der Waals surface area contributed by atoms with Crippen molar-refractivity contribution in [2.24, 2.45) is 0 Å². The van der Waals surface area contributed by atoms with Gasteiger partial charge in [0.1, 0.15) is 0 Å². The van der Waals surface area contributed by atoms with Crippen LogP contribution in [0.1, 0.15) is 5.56 Å². The summed E-state index contributed by atoms with van der Waals surface area (Å²) in [4.78, 5) is 0. The molecule has 21 heavy (non-hydrogen) atoms. The molecule has 0 amide bonds. The maximum Gasteiger partial charge on any atom is 0.534 e. The number of hydrogen-bond donors (Lipinski definition) is 0. The van der Waals surface area contributed by atoms with E-state index in [1.54, 1.807) is 0 Å². The summed E-state index contributed by atoms with van der Waals surface area (Å²) >= 11 is 0. The maximum absolute atomic E-state index is 13.7. The molecule has 2 aromatic carbocycles. The molecule has 0 saturated heterocycles. The second-order valence-electron chi connectivity index (χ2n) is 4.21. The molecule has 0 spiro atoms. The van der Waals surface area contributed by atoms with E-state index in [0.29, 0.717) is 5.56 Å². The molecule has 0 aliphatic heterocycles. The van der Waals surface area contributed by atoms with Crippen molar-refractivity contribution in [3.8, 4) is 5.75 Å². The zero-order chi connectivity index (χ0) is 16.0. The van der Waals surface area contributed by atoms with Crippen LogP contribution in [0.3, 0.4) is 0 Å². The molecule has 0 aromatic heterocycles. The van der Waals surface area contributed by atoms with Crippen LogP contribution in [0.15, 0.2) is 24.3 Å². The Hall–Kier alpha value is -1.90. The summed E-state index contributed by atoms with van der Waals surface area (Å²) in [5.41, 5.74) is -5.35. The number of alkyl halides is 3. The SMILES string of the molecule is Cc1cc(OS(=O)(=O)C(F)(F)F)c2c(F)c(F)ccc2c1. The zero-order valence-corrected chi connectivity index (χ0v) is 11.1. The minimum Gasteiger partial charge on any atom is -0.375 e. The van der Waals surface area contributed by atoms with E-state index in [1.807, 2.05) is 0 Å². The molecule has 3 nitrogen and oxygen atoms in total. The first-order chi connectivity index (χ1) is 9.53. The molecule has 0 heterocycles. The minimum atomic E-state index is -5.98. The van der Waals surface area contributed by atoms with Gasteiger partial charge < -0.3 is 4.18 Å². The van der Waals surface area contributed by atoms with E-state index in [1.165, 1.54) is 13.0 Å². The van der Waals surface area contributed by atoms with E-state index in [2.05, 4.69) is 4.18 Å². The van der Waals surface area contributed by atoms with Gasteiger partial charge in [0, 0.05) is 0 Å². The number of hydrogen-bond acceptors (Lipinski definition) is 3. The Labute approximate surface area is 116 Å². The van der Waals surface area contributed by atoms with Crippen molar-refractivity contribution in [3.05, 3.63) is 41.5 Å². The Bertz CT molecular complexity index is 812. The van der Waals surface area contributed by atoms with Crippen molar-refractivity contribution in [2.45, 2.75) is 12.4 Å².